The van der Waals surface area contributed by atoms with Crippen molar-refractivity contribution in [1.82, 2.24) is 15.6 Å². The first-order valence-electron chi connectivity index (χ1n) is 7.15. The minimum atomic E-state index is -1.11. The molecule has 1 rings (SSSR count). The van der Waals surface area contributed by atoms with Crippen LogP contribution in [0.5, 0.6) is 0 Å². The van der Waals surface area contributed by atoms with Gasteiger partial charge in [0.2, 0.25) is 11.8 Å². The van der Waals surface area contributed by atoms with Gasteiger partial charge < -0.3 is 20.5 Å². The maximum absolute atomic E-state index is 11.6. The molecule has 23 heavy (non-hydrogen) atoms. The molecule has 0 unspecified atom stereocenters. The average Bonchev–Trinajstić information content (AvgIpc) is 2.51. The molecule has 0 radical (unpaired) electrons. The first kappa shape index (κ1) is 18.6. The average molecular weight is 323 g/mol. The molecule has 0 bridgehead atoms. The summed E-state index contributed by atoms with van der Waals surface area (Å²) in [6, 6.07) is 2.60. The predicted molar refractivity (Wildman–Crippen MR) is 81.3 cm³/mol. The van der Waals surface area contributed by atoms with Crippen molar-refractivity contribution in [3.05, 3.63) is 30.1 Å². The van der Waals surface area contributed by atoms with Gasteiger partial charge in [-0.3, -0.25) is 14.6 Å². The number of rotatable bonds is 9. The van der Waals surface area contributed by atoms with Gasteiger partial charge in [-0.25, -0.2) is 4.79 Å². The standard InChI is InChI=1S/C15H21N3O5/c1-10(2)14(15(21)22)18-13(20)9-23-8-12(19)17-7-11-4-3-5-16-6-11/h3-6,10,14H,7-9H2,1-2H3,(H,17,19)(H,18,20)(H,21,22)/t14-/m0/s1. The summed E-state index contributed by atoms with van der Waals surface area (Å²) in [5.41, 5.74) is 0.847. The van der Waals surface area contributed by atoms with Gasteiger partial charge in [0.25, 0.3) is 0 Å². The smallest absolute Gasteiger partial charge is 0.326 e. The lowest BCUT2D eigenvalue weighted by molar-refractivity contribution is -0.144. The van der Waals surface area contributed by atoms with Crippen LogP contribution in [0.2, 0.25) is 0 Å². The van der Waals surface area contributed by atoms with E-state index in [1.165, 1.54) is 0 Å². The lowest BCUT2D eigenvalue weighted by Gasteiger charge is -2.17. The number of amides is 2. The van der Waals surface area contributed by atoms with Crippen molar-refractivity contribution in [2.24, 2.45) is 5.92 Å². The van der Waals surface area contributed by atoms with Crippen LogP contribution in [-0.4, -0.2) is 47.1 Å². The van der Waals surface area contributed by atoms with E-state index in [1.54, 1.807) is 32.3 Å². The van der Waals surface area contributed by atoms with Gasteiger partial charge in [-0.05, 0) is 17.5 Å². The van der Waals surface area contributed by atoms with Crippen LogP contribution in [0.25, 0.3) is 0 Å². The van der Waals surface area contributed by atoms with Crippen molar-refractivity contribution in [3.8, 4) is 0 Å². The molecular formula is C15H21N3O5. The van der Waals surface area contributed by atoms with E-state index in [1.807, 2.05) is 6.07 Å². The number of carbonyl (C=O) groups is 3. The van der Waals surface area contributed by atoms with Gasteiger partial charge in [0.15, 0.2) is 0 Å². The second-order valence-corrected chi connectivity index (χ2v) is 5.26. The molecule has 0 saturated carbocycles. The normalized spacial score (nSPS) is 11.8. The highest BCUT2D eigenvalue weighted by molar-refractivity contribution is 5.84. The van der Waals surface area contributed by atoms with Crippen LogP contribution < -0.4 is 10.6 Å². The molecule has 2 amide bonds. The molecule has 0 spiro atoms. The number of ether oxygens (including phenoxy) is 1. The van der Waals surface area contributed by atoms with E-state index in [4.69, 9.17) is 9.84 Å². The maximum atomic E-state index is 11.6. The summed E-state index contributed by atoms with van der Waals surface area (Å²) in [7, 11) is 0. The molecule has 1 aromatic rings. The molecule has 0 saturated heterocycles. The minimum absolute atomic E-state index is 0.251. The zero-order valence-electron chi connectivity index (χ0n) is 13.1. The Labute approximate surface area is 134 Å². The molecule has 1 atom stereocenters. The van der Waals surface area contributed by atoms with Crippen LogP contribution in [0.4, 0.5) is 0 Å². The number of nitrogens with zero attached hydrogens (tertiary/aromatic N) is 1. The Hall–Kier alpha value is -2.48. The summed E-state index contributed by atoms with van der Waals surface area (Å²) in [5, 5.41) is 13.9. The Morgan fingerprint density at radius 1 is 1.26 bits per heavy atom. The van der Waals surface area contributed by atoms with Crippen molar-refractivity contribution < 1.29 is 24.2 Å². The number of carboxylic acid groups (broad SMARTS) is 1. The van der Waals surface area contributed by atoms with Gasteiger partial charge in [0.1, 0.15) is 19.3 Å². The van der Waals surface area contributed by atoms with E-state index in [-0.39, 0.29) is 25.0 Å². The van der Waals surface area contributed by atoms with E-state index < -0.39 is 17.9 Å². The van der Waals surface area contributed by atoms with E-state index in [2.05, 4.69) is 15.6 Å². The fraction of sp³-hybridized carbons (Fsp3) is 0.467. The zero-order chi connectivity index (χ0) is 17.2. The Balaban J connectivity index is 2.23. The minimum Gasteiger partial charge on any atom is -0.480 e. The zero-order valence-corrected chi connectivity index (χ0v) is 13.1. The molecule has 126 valence electrons. The number of carboxylic acids is 1. The number of carbonyl (C=O) groups excluding carboxylic acids is 2. The van der Waals surface area contributed by atoms with Crippen LogP contribution in [0.15, 0.2) is 24.5 Å². The fourth-order valence-corrected chi connectivity index (χ4v) is 1.72. The Morgan fingerprint density at radius 2 is 1.96 bits per heavy atom. The highest BCUT2D eigenvalue weighted by Crippen LogP contribution is 2.01. The van der Waals surface area contributed by atoms with Gasteiger partial charge >= 0.3 is 5.97 Å². The molecule has 0 aromatic carbocycles. The molecule has 3 N–H and O–H groups in total. The lowest BCUT2D eigenvalue weighted by Crippen LogP contribution is -2.46. The molecule has 8 heteroatoms. The van der Waals surface area contributed by atoms with Crippen LogP contribution >= 0.6 is 0 Å². The monoisotopic (exact) mass is 323 g/mol. The van der Waals surface area contributed by atoms with Crippen molar-refractivity contribution in [3.63, 3.8) is 0 Å². The number of hydrogen-bond acceptors (Lipinski definition) is 5. The van der Waals surface area contributed by atoms with Crippen molar-refractivity contribution >= 4 is 17.8 Å². The summed E-state index contributed by atoms with van der Waals surface area (Å²) in [6.07, 6.45) is 3.27. The van der Waals surface area contributed by atoms with Crippen molar-refractivity contribution in [2.45, 2.75) is 26.4 Å². The Morgan fingerprint density at radius 3 is 2.52 bits per heavy atom. The SMILES string of the molecule is CC(C)[C@H](NC(=O)COCC(=O)NCc1cccnc1)C(=O)O. The van der Waals surface area contributed by atoms with E-state index >= 15 is 0 Å². The fourth-order valence-electron chi connectivity index (χ4n) is 1.72. The highest BCUT2D eigenvalue weighted by atomic mass is 16.5. The largest absolute Gasteiger partial charge is 0.480 e. The van der Waals surface area contributed by atoms with Gasteiger partial charge in [0.05, 0.1) is 0 Å². The second-order valence-electron chi connectivity index (χ2n) is 5.26. The summed E-state index contributed by atoms with van der Waals surface area (Å²) < 4.78 is 4.97. The number of aromatic nitrogens is 1. The second kappa shape index (κ2) is 9.52. The molecule has 1 aromatic heterocycles. The topological polar surface area (TPSA) is 118 Å². The third-order valence-electron chi connectivity index (χ3n) is 2.93. The van der Waals surface area contributed by atoms with Crippen LogP contribution in [0, 0.1) is 5.92 Å². The van der Waals surface area contributed by atoms with Gasteiger partial charge in [-0.15, -0.1) is 0 Å². The molecular weight excluding hydrogens is 302 g/mol. The summed E-state index contributed by atoms with van der Waals surface area (Å²) >= 11 is 0. The summed E-state index contributed by atoms with van der Waals surface area (Å²) in [6.45, 7) is 3.03. The maximum Gasteiger partial charge on any atom is 0.326 e. The number of hydrogen-bond donors (Lipinski definition) is 3. The van der Waals surface area contributed by atoms with Crippen LogP contribution in [-0.2, 0) is 25.7 Å². The molecule has 1 heterocycles. The van der Waals surface area contributed by atoms with Gasteiger partial charge in [0, 0.05) is 18.9 Å². The van der Waals surface area contributed by atoms with Gasteiger partial charge in [-0.2, -0.15) is 0 Å². The number of aliphatic carboxylic acids is 1. The molecule has 0 aliphatic rings. The molecule has 0 fully saturated rings. The molecule has 0 aliphatic heterocycles. The van der Waals surface area contributed by atoms with Gasteiger partial charge in [-0.1, -0.05) is 19.9 Å². The predicted octanol–water partition coefficient (Wildman–Crippen LogP) is -0.0602. The number of pyridine rings is 1. The molecule has 8 nitrogen and oxygen atoms in total. The van der Waals surface area contributed by atoms with E-state index in [0.29, 0.717) is 6.54 Å². The summed E-state index contributed by atoms with van der Waals surface area (Å²) in [4.78, 5) is 38.0. The van der Waals surface area contributed by atoms with Crippen molar-refractivity contribution in [2.75, 3.05) is 13.2 Å². The first-order valence-corrected chi connectivity index (χ1v) is 7.15. The summed E-state index contributed by atoms with van der Waals surface area (Å²) in [5.74, 6) is -2.31. The van der Waals surface area contributed by atoms with Crippen LogP contribution in [0.1, 0.15) is 19.4 Å². The Kier molecular flexibility index (Phi) is 7.69. The number of nitrogens with one attached hydrogen (secondary N) is 2. The first-order chi connectivity index (χ1) is 10.9. The van der Waals surface area contributed by atoms with Crippen LogP contribution in [0.3, 0.4) is 0 Å². The third-order valence-corrected chi connectivity index (χ3v) is 2.93. The molecule has 0 aliphatic carbocycles. The highest BCUT2D eigenvalue weighted by Gasteiger charge is 2.23. The Bertz CT molecular complexity index is 533. The lowest BCUT2D eigenvalue weighted by atomic mass is 10.1. The van der Waals surface area contributed by atoms with E-state index in [0.717, 1.165) is 5.56 Å². The quantitative estimate of drug-likeness (QED) is 0.586. The van der Waals surface area contributed by atoms with E-state index in [9.17, 15) is 14.4 Å². The third kappa shape index (κ3) is 7.37. The van der Waals surface area contributed by atoms with Crippen molar-refractivity contribution in [1.29, 1.82) is 0 Å².